The maximum Gasteiger partial charge on any atom is 0.141 e. The second-order valence-corrected chi connectivity index (χ2v) is 17.6. The summed E-state index contributed by atoms with van der Waals surface area (Å²) in [6.07, 6.45) is 0. The summed E-state index contributed by atoms with van der Waals surface area (Å²) in [5.74, 6) is 0. The van der Waals surface area contributed by atoms with Crippen molar-refractivity contribution in [1.82, 2.24) is 4.57 Å². The molecule has 0 spiro atoms. The Balaban J connectivity index is 1.36. The van der Waals surface area contributed by atoms with Crippen LogP contribution in [-0.4, -0.2) is 98.7 Å². The van der Waals surface area contributed by atoms with Crippen LogP contribution in [0.2, 0.25) is 0 Å². The van der Waals surface area contributed by atoms with Gasteiger partial charge in [-0.2, -0.15) is 0 Å². The first-order valence-corrected chi connectivity index (χ1v) is 22.1. The summed E-state index contributed by atoms with van der Waals surface area (Å²) < 4.78 is 2.48. The smallest absolute Gasteiger partial charge is 0.141 e. The fraction of sp³-hybridized carbons (Fsp3) is 0. The highest BCUT2D eigenvalue weighted by Gasteiger charge is 2.30. The Morgan fingerprint density at radius 2 is 0.597 bits per heavy atom. The van der Waals surface area contributed by atoms with Gasteiger partial charge in [-0.3, -0.25) is 0 Å². The largest absolute Gasteiger partial charge is 0.314 e. The van der Waals surface area contributed by atoms with E-state index in [0.717, 1.165) is 0 Å². The predicted octanol–water partition coefficient (Wildman–Crippen LogP) is -7.64. The van der Waals surface area contributed by atoms with Gasteiger partial charge in [0, 0.05) is 33.4 Å². The number of anilines is 3. The van der Waals surface area contributed by atoms with Crippen LogP contribution in [0.3, 0.4) is 0 Å². The Labute approximate surface area is 378 Å². The quantitative estimate of drug-likeness (QED) is 0.146. The molecular weight excluding hydrogens is 734 g/mol. The van der Waals surface area contributed by atoms with Crippen LogP contribution in [0.5, 0.6) is 0 Å². The summed E-state index contributed by atoms with van der Waals surface area (Å²) in [5, 5.41) is 2.54. The number of fused-ring (bicyclic) bond motifs is 3. The topological polar surface area (TPSA) is 8.17 Å². The molecule has 0 saturated carbocycles. The first kappa shape index (κ1) is 41.5. The molecule has 0 amide bonds. The zero-order valence-electron chi connectivity index (χ0n) is 38.6. The van der Waals surface area contributed by atoms with E-state index >= 15 is 0 Å². The predicted molar refractivity (Wildman–Crippen MR) is 310 cm³/mol. The van der Waals surface area contributed by atoms with Crippen LogP contribution in [0.25, 0.3) is 60.9 Å². The number of hydrogen-bond acceptors (Lipinski definition) is 1. The highest BCUT2D eigenvalue weighted by atomic mass is 15.2. The third-order valence-electron chi connectivity index (χ3n) is 14.5. The summed E-state index contributed by atoms with van der Waals surface area (Å²) in [6, 6.07) is 48.6. The van der Waals surface area contributed by atoms with Gasteiger partial charge in [0.05, 0.1) is 16.7 Å². The fourth-order valence-corrected chi connectivity index (χ4v) is 10.8. The number of rotatable bonds is 7. The van der Waals surface area contributed by atoms with Gasteiger partial charge in [-0.1, -0.05) is 181 Å². The lowest BCUT2D eigenvalue weighted by atomic mass is 9.61. The van der Waals surface area contributed by atoms with Gasteiger partial charge >= 0.3 is 0 Å². The van der Waals surface area contributed by atoms with Crippen molar-refractivity contribution in [2.24, 2.45) is 0 Å². The third kappa shape index (κ3) is 6.35. The molecule has 2 nitrogen and oxygen atoms in total. The lowest BCUT2D eigenvalue weighted by Gasteiger charge is -2.39. The second kappa shape index (κ2) is 16.1. The molecule has 0 bridgehead atoms. The molecule has 0 atom stereocenters. The minimum absolute atomic E-state index is 1.20. The van der Waals surface area contributed by atoms with E-state index in [2.05, 4.69) is 237 Å². The van der Waals surface area contributed by atoms with E-state index in [1.807, 2.05) is 0 Å². The van der Waals surface area contributed by atoms with Crippen LogP contribution in [-0.2, 0) is 0 Å². The summed E-state index contributed by atoms with van der Waals surface area (Å²) in [4.78, 5) is 2.69. The molecule has 1 heterocycles. The minimum atomic E-state index is 1.20. The molecule has 0 unspecified atom stereocenters. The SMILES string of the molecule is Bc1c(B)c(N(c2c(B)c(B)c(-c3ccccc3)c(B)c2B)c2c(B)c(B)c(-c3ccccc3-n3c4ccccc4c4ccccc43)c(B)c2B)c(B)c(B)c1-c1ccccc1. The molecule has 1 aromatic heterocycles. The van der Waals surface area contributed by atoms with Crippen molar-refractivity contribution >= 4 is 199 Å². The molecule has 0 fully saturated rings. The van der Waals surface area contributed by atoms with Gasteiger partial charge in [0.25, 0.3) is 0 Å². The fourth-order valence-electron chi connectivity index (χ4n) is 10.8. The van der Waals surface area contributed by atoms with E-state index in [4.69, 9.17) is 0 Å². The summed E-state index contributed by atoms with van der Waals surface area (Å²) in [5.41, 5.74) is 30.9. The Morgan fingerprint density at radius 3 is 0.984 bits per heavy atom. The van der Waals surface area contributed by atoms with Crippen molar-refractivity contribution in [1.29, 1.82) is 0 Å². The number of aromatic nitrogens is 1. The van der Waals surface area contributed by atoms with E-state index in [-0.39, 0.29) is 0 Å². The molecule has 8 aromatic carbocycles. The van der Waals surface area contributed by atoms with Gasteiger partial charge in [0.1, 0.15) is 94.2 Å². The van der Waals surface area contributed by atoms with Crippen LogP contribution >= 0.6 is 0 Å². The average Bonchev–Trinajstić information content (AvgIpc) is 3.62. The van der Waals surface area contributed by atoms with Crippen molar-refractivity contribution in [2.75, 3.05) is 4.90 Å². The lowest BCUT2D eigenvalue weighted by Crippen LogP contribution is -2.54. The van der Waals surface area contributed by atoms with E-state index < -0.39 is 0 Å². The maximum atomic E-state index is 2.69. The monoisotopic (exact) mass is 782 g/mol. The molecule has 0 N–H and O–H groups in total. The number of nitrogens with zero attached hydrogens (tertiary/aromatic N) is 2. The molecule has 0 saturated heterocycles. The average molecular weight is 781 g/mol. The molecule has 9 rings (SSSR count). The Bertz CT molecular complexity index is 3030. The van der Waals surface area contributed by atoms with E-state index in [9.17, 15) is 0 Å². The second-order valence-electron chi connectivity index (χ2n) is 17.6. The van der Waals surface area contributed by atoms with Gasteiger partial charge in [0.15, 0.2) is 0 Å². The van der Waals surface area contributed by atoms with Crippen LogP contribution < -0.4 is 70.5 Å². The molecule has 0 aliphatic carbocycles. The van der Waals surface area contributed by atoms with E-state index in [0.29, 0.717) is 0 Å². The molecule has 0 aliphatic heterocycles. The summed E-state index contributed by atoms with van der Waals surface area (Å²) >= 11 is 0. The molecule has 0 aliphatic rings. The summed E-state index contributed by atoms with van der Waals surface area (Å²) in [7, 11) is 28.1. The van der Waals surface area contributed by atoms with E-state index in [1.54, 1.807) is 0 Å². The number of hydrogen-bond donors (Lipinski definition) is 0. The van der Waals surface area contributed by atoms with Gasteiger partial charge in [-0.15, -0.1) is 0 Å². The van der Waals surface area contributed by atoms with Crippen molar-refractivity contribution in [2.45, 2.75) is 0 Å². The molecule has 0 radical (unpaired) electrons. The van der Waals surface area contributed by atoms with Crippen molar-refractivity contribution in [3.05, 3.63) is 133 Å². The van der Waals surface area contributed by atoms with Crippen LogP contribution in [0, 0.1) is 0 Å². The highest BCUT2D eigenvalue weighted by Crippen LogP contribution is 2.36. The molecule has 62 heavy (non-hydrogen) atoms. The molecule has 14 heteroatoms. The highest BCUT2D eigenvalue weighted by molar-refractivity contribution is 6.68. The molecule has 284 valence electrons. The Morgan fingerprint density at radius 1 is 0.290 bits per heavy atom. The van der Waals surface area contributed by atoms with Gasteiger partial charge in [0.2, 0.25) is 0 Å². The Kier molecular flexibility index (Phi) is 10.8. The van der Waals surface area contributed by atoms with E-state index in [1.165, 1.54) is 143 Å². The first-order chi connectivity index (χ1) is 29.8. The summed E-state index contributed by atoms with van der Waals surface area (Å²) in [6.45, 7) is 0. The maximum absolute atomic E-state index is 2.69. The van der Waals surface area contributed by atoms with Gasteiger partial charge in [-0.05, 0) is 46.0 Å². The number of benzene rings is 8. The zero-order valence-corrected chi connectivity index (χ0v) is 38.6. The van der Waals surface area contributed by atoms with Crippen LogP contribution in [0.15, 0.2) is 133 Å². The first-order valence-electron chi connectivity index (χ1n) is 22.1. The molecular formula is C48H46B12N2. The van der Waals surface area contributed by atoms with Crippen LogP contribution in [0.4, 0.5) is 17.1 Å². The van der Waals surface area contributed by atoms with Crippen molar-refractivity contribution in [3.8, 4) is 39.1 Å². The van der Waals surface area contributed by atoms with Gasteiger partial charge < -0.3 is 9.47 Å². The molecule has 9 aromatic rings. The van der Waals surface area contributed by atoms with Crippen molar-refractivity contribution < 1.29 is 0 Å². The van der Waals surface area contributed by atoms with Gasteiger partial charge in [-0.25, -0.2) is 0 Å². The zero-order chi connectivity index (χ0) is 43.7. The minimum Gasteiger partial charge on any atom is -0.314 e. The Hall–Kier alpha value is -5.86. The normalized spacial score (nSPS) is 11.4. The number of para-hydroxylation sites is 3. The third-order valence-corrected chi connectivity index (χ3v) is 14.5. The van der Waals surface area contributed by atoms with Crippen LogP contribution in [0.1, 0.15) is 0 Å². The lowest BCUT2D eigenvalue weighted by molar-refractivity contribution is 1.18. The standard InChI is InChI=1S/C48H46B12N2/c49-34-31(23-13-3-1-4-14-23)35(50)41(56)46(40(34)55)62(47-42(57)36(51)32(37(52)43(47)58)24-15-5-2-6-16-24)48-44(59)38(53)33(39(54)45(48)60)27-19-9-12-22-30(27)61-28-20-10-7-17-25(28)26-18-8-11-21-29(26)61/h1-22H,49-60H2. The van der Waals surface area contributed by atoms with Crippen molar-refractivity contribution in [3.63, 3.8) is 0 Å².